The lowest BCUT2D eigenvalue weighted by Crippen LogP contribution is -2.35. The van der Waals surface area contributed by atoms with Crippen LogP contribution in [0.4, 0.5) is 5.82 Å². The van der Waals surface area contributed by atoms with Crippen LogP contribution < -0.4 is 10.6 Å². The maximum absolute atomic E-state index is 4.30. The molecular weight excluding hydrogens is 240 g/mol. The van der Waals surface area contributed by atoms with Crippen molar-refractivity contribution in [3.63, 3.8) is 0 Å². The van der Waals surface area contributed by atoms with Gasteiger partial charge in [0.25, 0.3) is 0 Å². The maximum Gasteiger partial charge on any atom is 0.124 e. The van der Waals surface area contributed by atoms with Crippen molar-refractivity contribution in [2.24, 2.45) is 13.0 Å². The fourth-order valence-electron chi connectivity index (χ4n) is 2.46. The van der Waals surface area contributed by atoms with Gasteiger partial charge in [0, 0.05) is 44.9 Å². The Hall–Kier alpha value is -1.82. The SMILES string of the molecule is Cn1cc(CCNC[C@H]2CNc3ccnn3C2)cn1. The van der Waals surface area contributed by atoms with Gasteiger partial charge in [0.15, 0.2) is 0 Å². The second-order valence-corrected chi connectivity index (χ2v) is 5.12. The molecule has 2 aromatic rings. The second kappa shape index (κ2) is 5.44. The number of aromatic nitrogens is 4. The van der Waals surface area contributed by atoms with Gasteiger partial charge in [-0.25, -0.2) is 4.68 Å². The van der Waals surface area contributed by atoms with E-state index in [9.17, 15) is 0 Å². The van der Waals surface area contributed by atoms with E-state index in [1.165, 1.54) is 5.56 Å². The van der Waals surface area contributed by atoms with Gasteiger partial charge >= 0.3 is 0 Å². The molecule has 0 aromatic carbocycles. The summed E-state index contributed by atoms with van der Waals surface area (Å²) in [6.45, 7) is 4.03. The Kier molecular flexibility index (Phi) is 3.50. The van der Waals surface area contributed by atoms with Gasteiger partial charge in [-0.2, -0.15) is 10.2 Å². The van der Waals surface area contributed by atoms with Gasteiger partial charge in [-0.3, -0.25) is 4.68 Å². The van der Waals surface area contributed by atoms with Gasteiger partial charge in [-0.1, -0.05) is 0 Å². The Labute approximate surface area is 112 Å². The van der Waals surface area contributed by atoms with Gasteiger partial charge in [-0.15, -0.1) is 0 Å². The molecule has 6 nitrogen and oxygen atoms in total. The van der Waals surface area contributed by atoms with Crippen molar-refractivity contribution in [3.8, 4) is 0 Å². The van der Waals surface area contributed by atoms with Crippen molar-refractivity contribution in [2.45, 2.75) is 13.0 Å². The first-order valence-electron chi connectivity index (χ1n) is 6.75. The molecule has 3 heterocycles. The molecule has 6 heteroatoms. The minimum atomic E-state index is 0.598. The molecular formula is C13H20N6. The van der Waals surface area contributed by atoms with Crippen LogP contribution in [0.15, 0.2) is 24.7 Å². The van der Waals surface area contributed by atoms with Gasteiger partial charge in [-0.05, 0) is 18.5 Å². The molecule has 3 rings (SSSR count). The predicted molar refractivity (Wildman–Crippen MR) is 74.0 cm³/mol. The van der Waals surface area contributed by atoms with Crippen LogP contribution in [0.5, 0.6) is 0 Å². The predicted octanol–water partition coefficient (Wildman–Crippen LogP) is 0.491. The van der Waals surface area contributed by atoms with Gasteiger partial charge in [0.05, 0.1) is 12.4 Å². The lowest BCUT2D eigenvalue weighted by atomic mass is 10.1. The molecule has 1 aliphatic heterocycles. The number of nitrogens with one attached hydrogen (secondary N) is 2. The minimum absolute atomic E-state index is 0.598. The molecule has 102 valence electrons. The number of anilines is 1. The number of nitrogens with zero attached hydrogens (tertiary/aromatic N) is 4. The van der Waals surface area contributed by atoms with Gasteiger partial charge in [0.2, 0.25) is 0 Å². The molecule has 0 radical (unpaired) electrons. The summed E-state index contributed by atoms with van der Waals surface area (Å²) in [6.07, 6.45) is 6.88. The molecule has 19 heavy (non-hydrogen) atoms. The third-order valence-corrected chi connectivity index (χ3v) is 3.50. The quantitative estimate of drug-likeness (QED) is 0.768. The molecule has 0 amide bonds. The number of hydrogen-bond donors (Lipinski definition) is 2. The van der Waals surface area contributed by atoms with Crippen LogP contribution in [0, 0.1) is 5.92 Å². The molecule has 0 unspecified atom stereocenters. The van der Waals surface area contributed by atoms with Crippen molar-refractivity contribution >= 4 is 5.82 Å². The molecule has 0 saturated heterocycles. The van der Waals surface area contributed by atoms with Crippen molar-refractivity contribution in [2.75, 3.05) is 25.0 Å². The average molecular weight is 260 g/mol. The van der Waals surface area contributed by atoms with Gasteiger partial charge in [0.1, 0.15) is 5.82 Å². The summed E-state index contributed by atoms with van der Waals surface area (Å²) in [5, 5.41) is 15.4. The highest BCUT2D eigenvalue weighted by Crippen LogP contribution is 2.15. The van der Waals surface area contributed by atoms with E-state index in [2.05, 4.69) is 27.0 Å². The number of fused-ring (bicyclic) bond motifs is 1. The van der Waals surface area contributed by atoms with E-state index in [1.54, 1.807) is 0 Å². The Balaban J connectivity index is 1.39. The monoisotopic (exact) mass is 260 g/mol. The summed E-state index contributed by atoms with van der Waals surface area (Å²) in [4.78, 5) is 0. The van der Waals surface area contributed by atoms with Crippen LogP contribution in [-0.4, -0.2) is 39.2 Å². The van der Waals surface area contributed by atoms with Crippen LogP contribution in [0.25, 0.3) is 0 Å². The standard InChI is InChI=1S/C13H20N6/c1-18-9-11(8-17-18)2-4-14-6-12-7-15-13-3-5-16-19(13)10-12/h3,5,8-9,12,14-15H,2,4,6-7,10H2,1H3/t12-/m0/s1. The van der Waals surface area contributed by atoms with Crippen LogP contribution in [0.3, 0.4) is 0 Å². The molecule has 2 aromatic heterocycles. The van der Waals surface area contributed by atoms with Gasteiger partial charge < -0.3 is 10.6 Å². The highest BCUT2D eigenvalue weighted by molar-refractivity contribution is 5.35. The van der Waals surface area contributed by atoms with Crippen LogP contribution >= 0.6 is 0 Å². The summed E-state index contributed by atoms with van der Waals surface area (Å²) in [5.74, 6) is 1.73. The van der Waals surface area contributed by atoms with Crippen LogP contribution in [0.1, 0.15) is 5.56 Å². The molecule has 0 saturated carbocycles. The number of rotatable bonds is 5. The first kappa shape index (κ1) is 12.2. The van der Waals surface area contributed by atoms with E-state index in [4.69, 9.17) is 0 Å². The average Bonchev–Trinajstić information content (AvgIpc) is 3.03. The zero-order valence-electron chi connectivity index (χ0n) is 11.2. The molecule has 1 atom stereocenters. The zero-order valence-corrected chi connectivity index (χ0v) is 11.2. The third kappa shape index (κ3) is 2.96. The Morgan fingerprint density at radius 2 is 2.42 bits per heavy atom. The van der Waals surface area contributed by atoms with Crippen molar-refractivity contribution in [3.05, 3.63) is 30.2 Å². The fourth-order valence-corrected chi connectivity index (χ4v) is 2.46. The van der Waals surface area contributed by atoms with E-state index in [-0.39, 0.29) is 0 Å². The lowest BCUT2D eigenvalue weighted by molar-refractivity contribution is 0.393. The topological polar surface area (TPSA) is 59.7 Å². The summed E-state index contributed by atoms with van der Waals surface area (Å²) in [5.41, 5.74) is 1.28. The molecule has 0 spiro atoms. The van der Waals surface area contributed by atoms with E-state index < -0.39 is 0 Å². The maximum atomic E-state index is 4.30. The van der Waals surface area contributed by atoms with E-state index in [0.29, 0.717) is 5.92 Å². The van der Waals surface area contributed by atoms with E-state index in [0.717, 1.165) is 38.4 Å². The number of aryl methyl sites for hydroxylation is 1. The molecule has 2 N–H and O–H groups in total. The summed E-state index contributed by atoms with van der Waals surface area (Å²) in [7, 11) is 1.95. The highest BCUT2D eigenvalue weighted by atomic mass is 15.3. The van der Waals surface area contributed by atoms with Crippen LogP contribution in [0.2, 0.25) is 0 Å². The first-order valence-corrected chi connectivity index (χ1v) is 6.75. The second-order valence-electron chi connectivity index (χ2n) is 5.12. The fraction of sp³-hybridized carbons (Fsp3) is 0.538. The summed E-state index contributed by atoms with van der Waals surface area (Å²) < 4.78 is 3.89. The Morgan fingerprint density at radius 1 is 1.47 bits per heavy atom. The summed E-state index contributed by atoms with van der Waals surface area (Å²) >= 11 is 0. The molecule has 0 aliphatic carbocycles. The van der Waals surface area contributed by atoms with E-state index >= 15 is 0 Å². The number of hydrogen-bond acceptors (Lipinski definition) is 4. The molecule has 1 aliphatic rings. The third-order valence-electron chi connectivity index (χ3n) is 3.50. The van der Waals surface area contributed by atoms with E-state index in [1.807, 2.05) is 34.9 Å². The van der Waals surface area contributed by atoms with Crippen molar-refractivity contribution < 1.29 is 0 Å². The first-order chi connectivity index (χ1) is 9.31. The lowest BCUT2D eigenvalue weighted by Gasteiger charge is -2.25. The largest absolute Gasteiger partial charge is 0.370 e. The Bertz CT molecular complexity index is 529. The highest BCUT2D eigenvalue weighted by Gasteiger charge is 2.17. The van der Waals surface area contributed by atoms with Crippen molar-refractivity contribution in [1.82, 2.24) is 24.9 Å². The molecule has 0 fully saturated rings. The molecule has 0 bridgehead atoms. The normalized spacial score (nSPS) is 18.1. The zero-order chi connectivity index (χ0) is 13.1. The van der Waals surface area contributed by atoms with Crippen LogP contribution in [-0.2, 0) is 20.0 Å². The smallest absolute Gasteiger partial charge is 0.124 e. The summed E-state index contributed by atoms with van der Waals surface area (Å²) in [6, 6.07) is 2.02. The minimum Gasteiger partial charge on any atom is -0.370 e. The van der Waals surface area contributed by atoms with Crippen molar-refractivity contribution in [1.29, 1.82) is 0 Å². The Morgan fingerprint density at radius 3 is 3.26 bits per heavy atom.